The molecule has 0 N–H and O–H groups in total. The Morgan fingerprint density at radius 2 is 1.84 bits per heavy atom. The summed E-state index contributed by atoms with van der Waals surface area (Å²) in [5, 5.41) is 10.3. The lowest BCUT2D eigenvalue weighted by molar-refractivity contribution is 0.647. The highest BCUT2D eigenvalue weighted by molar-refractivity contribution is 6.30. The van der Waals surface area contributed by atoms with E-state index in [-0.39, 0.29) is 0 Å². The first-order valence-corrected chi connectivity index (χ1v) is 8.68. The number of hydrogen-bond acceptors (Lipinski definition) is 4. The van der Waals surface area contributed by atoms with Crippen LogP contribution in [0, 0.1) is 18.3 Å². The van der Waals surface area contributed by atoms with Crippen LogP contribution in [-0.4, -0.2) is 35.6 Å². The van der Waals surface area contributed by atoms with Crippen molar-refractivity contribution in [3.63, 3.8) is 0 Å². The Bertz CT molecular complexity index is 964. The minimum absolute atomic E-state index is 0.600. The van der Waals surface area contributed by atoms with Crippen LogP contribution in [0.5, 0.6) is 0 Å². The Kier molecular flexibility index (Phi) is 3.98. The molecule has 1 aliphatic rings. The lowest BCUT2D eigenvalue weighted by Crippen LogP contribution is -2.47. The number of benzene rings is 1. The molecule has 1 aromatic carbocycles. The van der Waals surface area contributed by atoms with Gasteiger partial charge in [-0.3, -0.25) is 4.40 Å². The molecule has 3 aromatic rings. The third-order valence-corrected chi connectivity index (χ3v) is 4.94. The van der Waals surface area contributed by atoms with Crippen LogP contribution in [0.3, 0.4) is 0 Å². The minimum Gasteiger partial charge on any atom is -0.368 e. The summed E-state index contributed by atoms with van der Waals surface area (Å²) in [4.78, 5) is 9.21. The van der Waals surface area contributed by atoms with Gasteiger partial charge in [0.2, 0.25) is 0 Å². The lowest BCUT2D eigenvalue weighted by Gasteiger charge is -2.37. The average Bonchev–Trinajstić information content (AvgIpc) is 3.02. The van der Waals surface area contributed by atoms with E-state index in [4.69, 9.17) is 11.6 Å². The lowest BCUT2D eigenvalue weighted by atomic mass is 10.1. The van der Waals surface area contributed by atoms with E-state index < -0.39 is 0 Å². The van der Waals surface area contributed by atoms with Crippen LogP contribution in [0.4, 0.5) is 11.5 Å². The Hall–Kier alpha value is -2.71. The second-order valence-corrected chi connectivity index (χ2v) is 6.67. The highest BCUT2D eigenvalue weighted by Gasteiger charge is 2.23. The number of halogens is 1. The van der Waals surface area contributed by atoms with Crippen LogP contribution < -0.4 is 9.80 Å². The Morgan fingerprint density at radius 1 is 1.08 bits per heavy atom. The van der Waals surface area contributed by atoms with Crippen LogP contribution in [0.25, 0.3) is 5.65 Å². The van der Waals surface area contributed by atoms with E-state index in [1.165, 1.54) is 11.3 Å². The van der Waals surface area contributed by atoms with Crippen molar-refractivity contribution in [1.29, 1.82) is 5.26 Å². The number of piperazine rings is 1. The van der Waals surface area contributed by atoms with Gasteiger partial charge in [0.25, 0.3) is 0 Å². The zero-order chi connectivity index (χ0) is 17.4. The predicted octanol–water partition coefficient (Wildman–Crippen LogP) is 3.49. The number of nitrogens with zero attached hydrogens (tertiary/aromatic N) is 5. The van der Waals surface area contributed by atoms with Crippen molar-refractivity contribution >= 4 is 28.8 Å². The molecule has 2 aromatic heterocycles. The fourth-order valence-electron chi connectivity index (χ4n) is 3.39. The van der Waals surface area contributed by atoms with Gasteiger partial charge in [-0.1, -0.05) is 23.7 Å². The average molecular weight is 352 g/mol. The van der Waals surface area contributed by atoms with Gasteiger partial charge < -0.3 is 9.80 Å². The number of aryl methyl sites for hydroxylation is 1. The molecule has 0 aliphatic carbocycles. The van der Waals surface area contributed by atoms with E-state index in [9.17, 15) is 5.26 Å². The van der Waals surface area contributed by atoms with Gasteiger partial charge in [-0.15, -0.1) is 0 Å². The van der Waals surface area contributed by atoms with Crippen molar-refractivity contribution < 1.29 is 0 Å². The summed E-state index contributed by atoms with van der Waals surface area (Å²) >= 11 is 6.16. The van der Waals surface area contributed by atoms with E-state index in [0.29, 0.717) is 5.69 Å². The molecular formula is C19H18ClN5. The number of aromatic nitrogens is 2. The number of nitriles is 1. The van der Waals surface area contributed by atoms with Gasteiger partial charge in [-0.2, -0.15) is 5.26 Å². The Labute approximate surface area is 151 Å². The van der Waals surface area contributed by atoms with Gasteiger partial charge in [0.05, 0.1) is 0 Å². The topological polar surface area (TPSA) is 47.6 Å². The SMILES string of the molecule is Cc1ccc(Cl)cc1N1CCN(c2nc3ccccn3c2C#N)CC1. The van der Waals surface area contributed by atoms with E-state index in [0.717, 1.165) is 42.7 Å². The van der Waals surface area contributed by atoms with Crippen molar-refractivity contribution in [3.8, 4) is 6.07 Å². The standard InChI is InChI=1S/C19H18ClN5/c1-14-5-6-15(20)12-16(14)23-8-10-24(11-9-23)19-17(13-21)25-7-3-2-4-18(25)22-19/h2-7,12H,8-11H2,1H3. The molecule has 1 fully saturated rings. The van der Waals surface area contributed by atoms with E-state index in [1.807, 2.05) is 40.9 Å². The largest absolute Gasteiger partial charge is 0.368 e. The van der Waals surface area contributed by atoms with Crippen molar-refractivity contribution in [2.24, 2.45) is 0 Å². The van der Waals surface area contributed by atoms with Crippen LogP contribution in [0.2, 0.25) is 5.02 Å². The van der Waals surface area contributed by atoms with Crippen LogP contribution >= 0.6 is 11.6 Å². The van der Waals surface area contributed by atoms with Crippen molar-refractivity contribution in [2.45, 2.75) is 6.92 Å². The second-order valence-electron chi connectivity index (χ2n) is 6.23. The molecule has 6 heteroatoms. The maximum absolute atomic E-state index is 9.57. The number of anilines is 2. The van der Waals surface area contributed by atoms with Gasteiger partial charge in [0, 0.05) is 43.1 Å². The van der Waals surface area contributed by atoms with Gasteiger partial charge in [0.1, 0.15) is 11.7 Å². The third-order valence-electron chi connectivity index (χ3n) is 4.71. The van der Waals surface area contributed by atoms with Crippen molar-refractivity contribution in [1.82, 2.24) is 9.38 Å². The number of rotatable bonds is 2. The number of hydrogen-bond donors (Lipinski definition) is 0. The third kappa shape index (κ3) is 2.79. The monoisotopic (exact) mass is 351 g/mol. The molecule has 126 valence electrons. The number of imidazole rings is 1. The molecule has 0 bridgehead atoms. The molecule has 4 rings (SSSR count). The van der Waals surface area contributed by atoms with Crippen molar-refractivity contribution in [3.05, 3.63) is 58.9 Å². The summed E-state index contributed by atoms with van der Waals surface area (Å²) in [5.74, 6) is 0.774. The molecule has 0 atom stereocenters. The molecule has 5 nitrogen and oxygen atoms in total. The van der Waals surface area contributed by atoms with Gasteiger partial charge in [0.15, 0.2) is 11.5 Å². The molecule has 0 unspecified atom stereocenters. The van der Waals surface area contributed by atoms with Crippen LogP contribution in [0.15, 0.2) is 42.6 Å². The molecule has 0 saturated carbocycles. The molecule has 0 spiro atoms. The minimum atomic E-state index is 0.600. The van der Waals surface area contributed by atoms with E-state index >= 15 is 0 Å². The van der Waals surface area contributed by atoms with Gasteiger partial charge >= 0.3 is 0 Å². The van der Waals surface area contributed by atoms with E-state index in [2.05, 4.69) is 33.8 Å². The van der Waals surface area contributed by atoms with E-state index in [1.54, 1.807) is 0 Å². The fourth-order valence-corrected chi connectivity index (χ4v) is 3.56. The zero-order valence-corrected chi connectivity index (χ0v) is 14.7. The predicted molar refractivity (Wildman–Crippen MR) is 101 cm³/mol. The molecule has 3 heterocycles. The quantitative estimate of drug-likeness (QED) is 0.709. The maximum atomic E-state index is 9.57. The smallest absolute Gasteiger partial charge is 0.169 e. The molecule has 25 heavy (non-hydrogen) atoms. The summed E-state index contributed by atoms with van der Waals surface area (Å²) in [6.45, 7) is 5.50. The van der Waals surface area contributed by atoms with Gasteiger partial charge in [-0.25, -0.2) is 4.98 Å². The first-order chi connectivity index (χ1) is 12.2. The first-order valence-electron chi connectivity index (χ1n) is 8.30. The molecule has 0 amide bonds. The number of pyridine rings is 1. The fraction of sp³-hybridized carbons (Fsp3) is 0.263. The maximum Gasteiger partial charge on any atom is 0.169 e. The highest BCUT2D eigenvalue weighted by atomic mass is 35.5. The normalized spacial score (nSPS) is 14.8. The molecular weight excluding hydrogens is 334 g/mol. The Morgan fingerprint density at radius 3 is 2.60 bits per heavy atom. The van der Waals surface area contributed by atoms with Crippen LogP contribution in [0.1, 0.15) is 11.3 Å². The van der Waals surface area contributed by atoms with Crippen molar-refractivity contribution in [2.75, 3.05) is 36.0 Å². The molecule has 0 radical (unpaired) electrons. The summed E-state index contributed by atoms with van der Waals surface area (Å²) in [7, 11) is 0. The summed E-state index contributed by atoms with van der Waals surface area (Å²) < 4.78 is 1.85. The first kappa shape index (κ1) is 15.8. The zero-order valence-electron chi connectivity index (χ0n) is 14.0. The summed E-state index contributed by atoms with van der Waals surface area (Å²) in [5.41, 5.74) is 3.82. The highest BCUT2D eigenvalue weighted by Crippen LogP contribution is 2.27. The van der Waals surface area contributed by atoms with Gasteiger partial charge in [-0.05, 0) is 36.8 Å². The summed E-state index contributed by atoms with van der Waals surface area (Å²) in [6, 6.07) is 14.1. The molecule has 1 saturated heterocycles. The summed E-state index contributed by atoms with van der Waals surface area (Å²) in [6.07, 6.45) is 1.88. The molecule has 1 aliphatic heterocycles. The second kappa shape index (κ2) is 6.30. The Balaban J connectivity index is 1.58. The van der Waals surface area contributed by atoms with Crippen LogP contribution in [-0.2, 0) is 0 Å². The number of fused-ring (bicyclic) bond motifs is 1.